The summed E-state index contributed by atoms with van der Waals surface area (Å²) < 4.78 is 0. The van der Waals surface area contributed by atoms with Gasteiger partial charge in [0.25, 0.3) is 11.6 Å². The van der Waals surface area contributed by atoms with E-state index in [-0.39, 0.29) is 23.2 Å². The highest BCUT2D eigenvalue weighted by atomic mass is 32.2. The molecule has 1 N–H and O–H groups in total. The van der Waals surface area contributed by atoms with E-state index in [0.29, 0.717) is 0 Å². The predicted octanol–water partition coefficient (Wildman–Crippen LogP) is 2.92. The first-order valence-electron chi connectivity index (χ1n) is 7.90. The number of carbonyl (C=O) groups is 1. The van der Waals surface area contributed by atoms with E-state index < -0.39 is 4.92 Å². The Hall–Kier alpha value is -1.60. The maximum absolute atomic E-state index is 12.5. The zero-order chi connectivity index (χ0) is 16.8. The highest BCUT2D eigenvalue weighted by molar-refractivity contribution is 7.98. The van der Waals surface area contributed by atoms with Gasteiger partial charge >= 0.3 is 0 Å². The number of nitrogens with zero attached hydrogens (tertiary/aromatic N) is 2. The Balaban J connectivity index is 2.04. The van der Waals surface area contributed by atoms with Gasteiger partial charge in [-0.1, -0.05) is 6.92 Å². The van der Waals surface area contributed by atoms with Crippen LogP contribution in [0.15, 0.2) is 23.1 Å². The van der Waals surface area contributed by atoms with Crippen LogP contribution in [0.2, 0.25) is 0 Å². The molecule has 7 heteroatoms. The highest BCUT2D eigenvalue weighted by Gasteiger charge is 2.25. The van der Waals surface area contributed by atoms with Crippen molar-refractivity contribution < 1.29 is 9.72 Å². The fourth-order valence-electron chi connectivity index (χ4n) is 2.86. The van der Waals surface area contributed by atoms with Gasteiger partial charge in [0.05, 0.1) is 4.92 Å². The van der Waals surface area contributed by atoms with Gasteiger partial charge in [0.2, 0.25) is 0 Å². The van der Waals surface area contributed by atoms with Crippen molar-refractivity contribution in [3.8, 4) is 0 Å². The standard InChI is InChI=1S/C16H23N3O3S/c1-3-8-18-9-6-12(7-10-18)17-16(20)14-11-13(23-2)4-5-15(14)19(21)22/h4-5,11-12H,3,6-10H2,1-2H3,(H,17,20). The summed E-state index contributed by atoms with van der Waals surface area (Å²) in [5.41, 5.74) is 0.0153. The molecule has 0 bridgehead atoms. The van der Waals surface area contributed by atoms with E-state index in [1.165, 1.54) is 17.8 Å². The van der Waals surface area contributed by atoms with Gasteiger partial charge in [0, 0.05) is 30.1 Å². The van der Waals surface area contributed by atoms with Crippen LogP contribution in [0, 0.1) is 10.1 Å². The molecule has 1 aromatic carbocycles. The molecule has 1 aromatic rings. The molecule has 1 aliphatic rings. The summed E-state index contributed by atoms with van der Waals surface area (Å²) in [7, 11) is 0. The molecule has 0 spiro atoms. The second-order valence-electron chi connectivity index (χ2n) is 5.73. The summed E-state index contributed by atoms with van der Waals surface area (Å²) in [5, 5.41) is 14.1. The molecule has 0 unspecified atom stereocenters. The van der Waals surface area contributed by atoms with E-state index in [1.54, 1.807) is 12.1 Å². The molecule has 0 saturated carbocycles. The normalized spacial score (nSPS) is 16.3. The van der Waals surface area contributed by atoms with Crippen LogP contribution in [0.25, 0.3) is 0 Å². The lowest BCUT2D eigenvalue weighted by molar-refractivity contribution is -0.385. The third kappa shape index (κ3) is 4.68. The van der Waals surface area contributed by atoms with Crippen LogP contribution >= 0.6 is 11.8 Å². The average Bonchev–Trinajstić information content (AvgIpc) is 2.56. The minimum atomic E-state index is -0.497. The molecule has 1 saturated heterocycles. The number of nitrogens with one attached hydrogen (secondary N) is 1. The van der Waals surface area contributed by atoms with Gasteiger partial charge in [-0.3, -0.25) is 14.9 Å². The molecule has 6 nitrogen and oxygen atoms in total. The van der Waals surface area contributed by atoms with Gasteiger partial charge in [-0.15, -0.1) is 11.8 Å². The lowest BCUT2D eigenvalue weighted by atomic mass is 10.0. The summed E-state index contributed by atoms with van der Waals surface area (Å²) in [4.78, 5) is 26.4. The molecule has 1 heterocycles. The van der Waals surface area contributed by atoms with E-state index in [4.69, 9.17) is 0 Å². The maximum Gasteiger partial charge on any atom is 0.282 e. The maximum atomic E-state index is 12.5. The van der Waals surface area contributed by atoms with Crippen molar-refractivity contribution in [3.05, 3.63) is 33.9 Å². The fraction of sp³-hybridized carbons (Fsp3) is 0.562. The SMILES string of the molecule is CCCN1CCC(NC(=O)c2cc(SC)ccc2[N+](=O)[O-])CC1. The minimum absolute atomic E-state index is 0.0909. The smallest absolute Gasteiger partial charge is 0.282 e. The number of likely N-dealkylation sites (tertiary alicyclic amines) is 1. The number of rotatable bonds is 6. The zero-order valence-corrected chi connectivity index (χ0v) is 14.4. The monoisotopic (exact) mass is 337 g/mol. The Labute approximate surface area is 140 Å². The molecule has 0 aromatic heterocycles. The molecule has 23 heavy (non-hydrogen) atoms. The van der Waals surface area contributed by atoms with Crippen LogP contribution in [-0.2, 0) is 0 Å². The van der Waals surface area contributed by atoms with Crippen molar-refractivity contribution in [2.75, 3.05) is 25.9 Å². The number of hydrogen-bond donors (Lipinski definition) is 1. The Morgan fingerprint density at radius 1 is 1.43 bits per heavy atom. The Morgan fingerprint density at radius 2 is 2.13 bits per heavy atom. The Bertz CT molecular complexity index is 572. The number of carbonyl (C=O) groups excluding carboxylic acids is 1. The van der Waals surface area contributed by atoms with E-state index in [0.717, 1.165) is 43.8 Å². The third-order valence-corrected chi connectivity index (χ3v) is 4.83. The van der Waals surface area contributed by atoms with Crippen LogP contribution in [0.4, 0.5) is 5.69 Å². The Kier molecular flexibility index (Phi) is 6.41. The summed E-state index contributed by atoms with van der Waals surface area (Å²) in [5.74, 6) is -0.346. The molecule has 1 fully saturated rings. The van der Waals surface area contributed by atoms with Crippen molar-refractivity contribution in [3.63, 3.8) is 0 Å². The number of thioether (sulfide) groups is 1. The first-order chi connectivity index (χ1) is 11.0. The van der Waals surface area contributed by atoms with Gasteiger partial charge in [-0.2, -0.15) is 0 Å². The number of benzene rings is 1. The second-order valence-corrected chi connectivity index (χ2v) is 6.61. The summed E-state index contributed by atoms with van der Waals surface area (Å²) >= 11 is 1.46. The van der Waals surface area contributed by atoms with Gasteiger partial charge in [0.15, 0.2) is 0 Å². The number of hydrogen-bond acceptors (Lipinski definition) is 5. The second kappa shape index (κ2) is 8.31. The third-order valence-electron chi connectivity index (χ3n) is 4.11. The van der Waals surface area contributed by atoms with Crippen molar-refractivity contribution in [1.29, 1.82) is 0 Å². The van der Waals surface area contributed by atoms with E-state index >= 15 is 0 Å². The molecular weight excluding hydrogens is 314 g/mol. The molecular formula is C16H23N3O3S. The predicted molar refractivity (Wildman–Crippen MR) is 92.1 cm³/mol. The summed E-state index contributed by atoms with van der Waals surface area (Å²) in [6.07, 6.45) is 4.79. The molecule has 0 aliphatic carbocycles. The summed E-state index contributed by atoms with van der Waals surface area (Å²) in [6, 6.07) is 4.77. The first kappa shape index (κ1) is 17.7. The molecule has 2 rings (SSSR count). The number of amides is 1. The van der Waals surface area contributed by atoms with Gasteiger partial charge < -0.3 is 10.2 Å². The zero-order valence-electron chi connectivity index (χ0n) is 13.6. The molecule has 1 amide bonds. The Morgan fingerprint density at radius 3 is 2.70 bits per heavy atom. The van der Waals surface area contributed by atoms with E-state index in [2.05, 4.69) is 17.1 Å². The average molecular weight is 337 g/mol. The molecule has 1 aliphatic heterocycles. The lowest BCUT2D eigenvalue weighted by Gasteiger charge is -2.32. The minimum Gasteiger partial charge on any atom is -0.349 e. The van der Waals surface area contributed by atoms with Crippen molar-refractivity contribution in [2.24, 2.45) is 0 Å². The van der Waals surface area contributed by atoms with Gasteiger partial charge in [-0.25, -0.2) is 0 Å². The lowest BCUT2D eigenvalue weighted by Crippen LogP contribution is -2.44. The van der Waals surface area contributed by atoms with Crippen molar-refractivity contribution in [1.82, 2.24) is 10.2 Å². The van der Waals surface area contributed by atoms with Crippen LogP contribution in [0.3, 0.4) is 0 Å². The number of nitro benzene ring substituents is 1. The molecule has 0 radical (unpaired) electrons. The van der Waals surface area contributed by atoms with E-state index in [1.807, 2.05) is 6.26 Å². The number of piperidine rings is 1. The van der Waals surface area contributed by atoms with Crippen LogP contribution < -0.4 is 5.32 Å². The largest absolute Gasteiger partial charge is 0.349 e. The molecule has 0 atom stereocenters. The fourth-order valence-corrected chi connectivity index (χ4v) is 3.30. The highest BCUT2D eigenvalue weighted by Crippen LogP contribution is 2.25. The van der Waals surface area contributed by atoms with Crippen LogP contribution in [0.5, 0.6) is 0 Å². The number of nitro groups is 1. The van der Waals surface area contributed by atoms with Gasteiger partial charge in [-0.05, 0) is 44.2 Å². The van der Waals surface area contributed by atoms with Gasteiger partial charge in [0.1, 0.15) is 5.56 Å². The quantitative estimate of drug-likeness (QED) is 0.491. The first-order valence-corrected chi connectivity index (χ1v) is 9.13. The van der Waals surface area contributed by atoms with Crippen molar-refractivity contribution in [2.45, 2.75) is 37.1 Å². The summed E-state index contributed by atoms with van der Waals surface area (Å²) in [6.45, 7) is 5.17. The van der Waals surface area contributed by atoms with Crippen LogP contribution in [-0.4, -0.2) is 47.7 Å². The van der Waals surface area contributed by atoms with Crippen LogP contribution in [0.1, 0.15) is 36.5 Å². The molecule has 126 valence electrons. The van der Waals surface area contributed by atoms with Crippen molar-refractivity contribution >= 4 is 23.4 Å². The van der Waals surface area contributed by atoms with E-state index in [9.17, 15) is 14.9 Å². The topological polar surface area (TPSA) is 75.5 Å².